The Morgan fingerprint density at radius 3 is 2.83 bits per heavy atom. The van der Waals surface area contributed by atoms with E-state index >= 15 is 0 Å². The lowest BCUT2D eigenvalue weighted by Gasteiger charge is -2.14. The fraction of sp³-hybridized carbons (Fsp3) is 0.846. The molecule has 1 rings (SSSR count). The molecule has 104 valence electrons. The summed E-state index contributed by atoms with van der Waals surface area (Å²) in [6.07, 6.45) is 5.08. The van der Waals surface area contributed by atoms with E-state index in [9.17, 15) is 4.79 Å². The minimum atomic E-state index is -0.322. The van der Waals surface area contributed by atoms with Gasteiger partial charge < -0.3 is 15.8 Å². The first-order valence-corrected chi connectivity index (χ1v) is 7.20. The van der Waals surface area contributed by atoms with Crippen LogP contribution in [0.3, 0.4) is 0 Å². The number of nitrogens with one attached hydrogen (secondary N) is 1. The first-order chi connectivity index (χ1) is 8.65. The summed E-state index contributed by atoms with van der Waals surface area (Å²) in [5.41, 5.74) is 5.56. The number of hydrogen-bond donors (Lipinski definition) is 2. The molecule has 0 aromatic carbocycles. The minimum Gasteiger partial charge on any atom is -0.393 e. The number of carbonyl (C=O) groups is 1. The average Bonchev–Trinajstić information content (AvgIpc) is 3.13. The molecule has 1 aliphatic carbocycles. The monoisotopic (exact) mass is 272 g/mol. The van der Waals surface area contributed by atoms with E-state index in [1.54, 1.807) is 0 Å². The van der Waals surface area contributed by atoms with Crippen LogP contribution in [0.2, 0.25) is 0 Å². The second-order valence-electron chi connectivity index (χ2n) is 4.91. The van der Waals surface area contributed by atoms with Crippen LogP contribution in [0.1, 0.15) is 39.0 Å². The van der Waals surface area contributed by atoms with Crippen LogP contribution < -0.4 is 11.1 Å². The molecule has 5 heteroatoms. The Balaban J connectivity index is 2.04. The van der Waals surface area contributed by atoms with E-state index in [-0.39, 0.29) is 11.8 Å². The van der Waals surface area contributed by atoms with Crippen LogP contribution in [-0.4, -0.2) is 30.7 Å². The first kappa shape index (κ1) is 15.4. The molecule has 1 aliphatic rings. The van der Waals surface area contributed by atoms with Gasteiger partial charge >= 0.3 is 0 Å². The second kappa shape index (κ2) is 8.43. The van der Waals surface area contributed by atoms with Crippen LogP contribution in [0.25, 0.3) is 0 Å². The summed E-state index contributed by atoms with van der Waals surface area (Å²) in [5, 5.41) is 2.87. The molecule has 1 amide bonds. The SMILES string of the molecule is CCCC(C(=O)NCCCOCC1CC1)C(N)=S. The molecule has 1 saturated carbocycles. The number of thiocarbonyl (C=S) groups is 1. The van der Waals surface area contributed by atoms with Gasteiger partial charge in [0.2, 0.25) is 5.91 Å². The van der Waals surface area contributed by atoms with E-state index in [0.717, 1.165) is 31.8 Å². The van der Waals surface area contributed by atoms with Crippen LogP contribution in [0.15, 0.2) is 0 Å². The first-order valence-electron chi connectivity index (χ1n) is 6.80. The molecule has 4 nitrogen and oxygen atoms in total. The Kier molecular flexibility index (Phi) is 7.20. The van der Waals surface area contributed by atoms with Crippen LogP contribution in [0.5, 0.6) is 0 Å². The van der Waals surface area contributed by atoms with Gasteiger partial charge in [0.05, 0.1) is 10.9 Å². The Labute approximate surface area is 115 Å². The van der Waals surface area contributed by atoms with Gasteiger partial charge in [-0.05, 0) is 31.6 Å². The quantitative estimate of drug-likeness (QED) is 0.468. The second-order valence-corrected chi connectivity index (χ2v) is 5.38. The highest BCUT2D eigenvalue weighted by molar-refractivity contribution is 7.80. The van der Waals surface area contributed by atoms with Gasteiger partial charge in [-0.1, -0.05) is 25.6 Å². The summed E-state index contributed by atoms with van der Waals surface area (Å²) in [5.74, 6) is 0.423. The van der Waals surface area contributed by atoms with Crippen molar-refractivity contribution in [3.63, 3.8) is 0 Å². The van der Waals surface area contributed by atoms with Gasteiger partial charge in [0.25, 0.3) is 0 Å². The number of rotatable bonds is 10. The molecule has 0 bridgehead atoms. The van der Waals surface area contributed by atoms with Crippen molar-refractivity contribution in [2.45, 2.75) is 39.0 Å². The van der Waals surface area contributed by atoms with Gasteiger partial charge in [-0.15, -0.1) is 0 Å². The van der Waals surface area contributed by atoms with Gasteiger partial charge in [-0.2, -0.15) is 0 Å². The summed E-state index contributed by atoms with van der Waals surface area (Å²) in [6, 6.07) is 0. The Morgan fingerprint density at radius 1 is 1.56 bits per heavy atom. The lowest BCUT2D eigenvalue weighted by atomic mass is 10.0. The third-order valence-corrected chi connectivity index (χ3v) is 3.34. The van der Waals surface area contributed by atoms with Gasteiger partial charge in [0, 0.05) is 19.8 Å². The van der Waals surface area contributed by atoms with E-state index in [4.69, 9.17) is 22.7 Å². The topological polar surface area (TPSA) is 64.3 Å². The molecule has 1 atom stereocenters. The predicted molar refractivity (Wildman–Crippen MR) is 76.4 cm³/mol. The number of carbonyl (C=O) groups excluding carboxylic acids is 1. The Hall–Kier alpha value is -0.680. The highest BCUT2D eigenvalue weighted by atomic mass is 32.1. The highest BCUT2D eigenvalue weighted by Gasteiger charge is 2.21. The zero-order valence-electron chi connectivity index (χ0n) is 11.1. The minimum absolute atomic E-state index is 0.0495. The number of hydrogen-bond acceptors (Lipinski definition) is 3. The third-order valence-electron chi connectivity index (χ3n) is 3.05. The maximum absolute atomic E-state index is 11.8. The normalized spacial score (nSPS) is 16.3. The van der Waals surface area contributed by atoms with Crippen LogP contribution in [-0.2, 0) is 9.53 Å². The fourth-order valence-electron chi connectivity index (χ4n) is 1.73. The maximum atomic E-state index is 11.8. The van der Waals surface area contributed by atoms with Crippen molar-refractivity contribution >= 4 is 23.1 Å². The lowest BCUT2D eigenvalue weighted by molar-refractivity contribution is -0.123. The van der Waals surface area contributed by atoms with Crippen molar-refractivity contribution in [2.24, 2.45) is 17.6 Å². The zero-order valence-corrected chi connectivity index (χ0v) is 11.9. The van der Waals surface area contributed by atoms with Crippen LogP contribution >= 0.6 is 12.2 Å². The largest absolute Gasteiger partial charge is 0.393 e. The lowest BCUT2D eigenvalue weighted by Crippen LogP contribution is -2.38. The van der Waals surface area contributed by atoms with E-state index in [1.165, 1.54) is 12.8 Å². The van der Waals surface area contributed by atoms with E-state index < -0.39 is 0 Å². The zero-order chi connectivity index (χ0) is 13.4. The summed E-state index contributed by atoms with van der Waals surface area (Å²) in [6.45, 7) is 4.23. The molecule has 0 aromatic rings. The standard InChI is InChI=1S/C13H24N2O2S/c1-2-4-11(12(14)18)13(16)15-7-3-8-17-9-10-5-6-10/h10-11H,2-9H2,1H3,(H2,14,18)(H,15,16). The van der Waals surface area contributed by atoms with E-state index in [0.29, 0.717) is 18.1 Å². The maximum Gasteiger partial charge on any atom is 0.229 e. The van der Waals surface area contributed by atoms with Crippen molar-refractivity contribution in [2.75, 3.05) is 19.8 Å². The van der Waals surface area contributed by atoms with Crippen molar-refractivity contribution in [3.8, 4) is 0 Å². The number of amides is 1. The third kappa shape index (κ3) is 6.31. The Bertz CT molecular complexity index is 280. The summed E-state index contributed by atoms with van der Waals surface area (Å²) in [4.78, 5) is 12.1. The molecule has 1 fully saturated rings. The number of nitrogens with two attached hydrogens (primary N) is 1. The summed E-state index contributed by atoms with van der Waals surface area (Å²) >= 11 is 4.91. The molecule has 0 saturated heterocycles. The molecule has 1 unspecified atom stereocenters. The average molecular weight is 272 g/mol. The van der Waals surface area contributed by atoms with Crippen molar-refractivity contribution < 1.29 is 9.53 Å². The van der Waals surface area contributed by atoms with E-state index in [2.05, 4.69) is 5.32 Å². The van der Waals surface area contributed by atoms with Gasteiger partial charge in [-0.3, -0.25) is 4.79 Å². The van der Waals surface area contributed by atoms with Gasteiger partial charge in [0.15, 0.2) is 0 Å². The molecule has 0 spiro atoms. The van der Waals surface area contributed by atoms with Gasteiger partial charge in [-0.25, -0.2) is 0 Å². The van der Waals surface area contributed by atoms with Crippen LogP contribution in [0.4, 0.5) is 0 Å². The fourth-order valence-corrected chi connectivity index (χ4v) is 1.96. The molecule has 18 heavy (non-hydrogen) atoms. The smallest absolute Gasteiger partial charge is 0.229 e. The molecular formula is C13H24N2O2S. The summed E-state index contributed by atoms with van der Waals surface area (Å²) in [7, 11) is 0. The Morgan fingerprint density at radius 2 is 2.28 bits per heavy atom. The van der Waals surface area contributed by atoms with Crippen LogP contribution in [0, 0.1) is 11.8 Å². The molecular weight excluding hydrogens is 248 g/mol. The molecule has 3 N–H and O–H groups in total. The summed E-state index contributed by atoms with van der Waals surface area (Å²) < 4.78 is 5.49. The van der Waals surface area contributed by atoms with Crippen molar-refractivity contribution in [1.29, 1.82) is 0 Å². The molecule has 0 aliphatic heterocycles. The highest BCUT2D eigenvalue weighted by Crippen LogP contribution is 2.28. The molecule has 0 aromatic heterocycles. The van der Waals surface area contributed by atoms with E-state index in [1.807, 2.05) is 6.92 Å². The molecule has 0 heterocycles. The van der Waals surface area contributed by atoms with Crippen molar-refractivity contribution in [1.82, 2.24) is 5.32 Å². The van der Waals surface area contributed by atoms with Crippen molar-refractivity contribution in [3.05, 3.63) is 0 Å². The predicted octanol–water partition coefficient (Wildman–Crippen LogP) is 1.62. The van der Waals surface area contributed by atoms with Gasteiger partial charge in [0.1, 0.15) is 0 Å². The number of ether oxygens (including phenoxy) is 1. The molecule has 0 radical (unpaired) electrons.